The molecule has 0 radical (unpaired) electrons. The molecular weight excluding hydrogens is 420 g/mol. The van der Waals surface area contributed by atoms with E-state index in [1.165, 1.54) is 4.72 Å². The van der Waals surface area contributed by atoms with E-state index in [1.807, 2.05) is 0 Å². The van der Waals surface area contributed by atoms with Gasteiger partial charge in [-0.3, -0.25) is 0 Å². The van der Waals surface area contributed by atoms with Gasteiger partial charge in [-0.1, -0.05) is 6.92 Å². The molecule has 1 aromatic carbocycles. The van der Waals surface area contributed by atoms with Crippen molar-refractivity contribution in [1.82, 2.24) is 4.72 Å². The topological polar surface area (TPSA) is 55.4 Å². The number of halogens is 7. The quantitative estimate of drug-likeness (QED) is 0.720. The Morgan fingerprint density at radius 3 is 2.22 bits per heavy atom. The van der Waals surface area contributed by atoms with Crippen LogP contribution in [-0.2, 0) is 10.0 Å². The highest BCUT2D eigenvalue weighted by Gasteiger charge is 2.41. The van der Waals surface area contributed by atoms with Crippen molar-refractivity contribution in [3.63, 3.8) is 0 Å². The van der Waals surface area contributed by atoms with E-state index in [1.54, 1.807) is 0 Å². The third-order valence-corrected chi connectivity index (χ3v) is 4.66. The van der Waals surface area contributed by atoms with Gasteiger partial charge in [0.2, 0.25) is 10.0 Å². The number of rotatable bonds is 5. The Bertz CT molecular complexity index is 659. The minimum Gasteiger partial charge on any atom is -0.405 e. The van der Waals surface area contributed by atoms with Crippen molar-refractivity contribution in [3.05, 3.63) is 22.7 Å². The van der Waals surface area contributed by atoms with Gasteiger partial charge in [-0.2, -0.15) is 17.9 Å². The van der Waals surface area contributed by atoms with Crippen LogP contribution in [-0.4, -0.2) is 27.0 Å². The van der Waals surface area contributed by atoms with E-state index in [9.17, 15) is 34.8 Å². The van der Waals surface area contributed by atoms with Crippen molar-refractivity contribution >= 4 is 26.0 Å². The van der Waals surface area contributed by atoms with E-state index in [-0.39, 0.29) is 4.47 Å². The van der Waals surface area contributed by atoms with Crippen LogP contribution < -0.4 is 9.46 Å². The zero-order valence-electron chi connectivity index (χ0n) is 11.3. The molecule has 1 aromatic rings. The summed E-state index contributed by atoms with van der Waals surface area (Å²) < 4.78 is 103. The first kappa shape index (κ1) is 20.0. The van der Waals surface area contributed by atoms with Gasteiger partial charge in [0.25, 0.3) is 0 Å². The van der Waals surface area contributed by atoms with E-state index in [2.05, 4.69) is 20.7 Å². The standard InChI is InChI=1S/C11H10BrF6NO3S/c1-2-9(10(13,14)15)19-23(20,21)6-3-4-7(12)8(5-6)22-11(16,17)18/h3-5,9,19H,2H2,1H3/t9-/m0/s1. The van der Waals surface area contributed by atoms with Crippen molar-refractivity contribution in [2.75, 3.05) is 0 Å². The minimum absolute atomic E-state index is 0.211. The fraction of sp³-hybridized carbons (Fsp3) is 0.455. The van der Waals surface area contributed by atoms with Crippen LogP contribution in [0.3, 0.4) is 0 Å². The molecule has 0 aliphatic heterocycles. The van der Waals surface area contributed by atoms with E-state index in [0.29, 0.717) is 6.07 Å². The monoisotopic (exact) mass is 429 g/mol. The van der Waals surface area contributed by atoms with E-state index < -0.39 is 45.7 Å². The maximum atomic E-state index is 12.6. The molecule has 0 bridgehead atoms. The van der Waals surface area contributed by atoms with Gasteiger partial charge in [-0.15, -0.1) is 13.2 Å². The zero-order valence-corrected chi connectivity index (χ0v) is 13.7. The molecule has 4 nitrogen and oxygen atoms in total. The molecule has 1 atom stereocenters. The Morgan fingerprint density at radius 2 is 1.78 bits per heavy atom. The molecule has 1 rings (SSSR count). The average molecular weight is 430 g/mol. The Kier molecular flexibility index (Phi) is 5.97. The molecule has 0 aliphatic rings. The molecule has 0 saturated heterocycles. The minimum atomic E-state index is -5.09. The van der Waals surface area contributed by atoms with Crippen molar-refractivity contribution in [3.8, 4) is 5.75 Å². The van der Waals surface area contributed by atoms with Gasteiger partial charge in [-0.25, -0.2) is 8.42 Å². The second-order valence-electron chi connectivity index (χ2n) is 4.26. The van der Waals surface area contributed by atoms with Crippen molar-refractivity contribution in [2.45, 2.75) is 36.8 Å². The summed E-state index contributed by atoms with van der Waals surface area (Å²) in [6, 6.07) is -0.116. The van der Waals surface area contributed by atoms with Gasteiger partial charge in [0, 0.05) is 6.07 Å². The number of hydrogen-bond acceptors (Lipinski definition) is 3. The molecule has 0 unspecified atom stereocenters. The first-order valence-electron chi connectivity index (χ1n) is 5.90. The van der Waals surface area contributed by atoms with Gasteiger partial charge in [0.05, 0.1) is 9.37 Å². The largest absolute Gasteiger partial charge is 0.573 e. The summed E-state index contributed by atoms with van der Waals surface area (Å²) in [6.45, 7) is 1.11. The highest BCUT2D eigenvalue weighted by molar-refractivity contribution is 9.10. The summed E-state index contributed by atoms with van der Waals surface area (Å²) in [7, 11) is -4.69. The molecule has 0 fully saturated rings. The smallest absolute Gasteiger partial charge is 0.405 e. The SMILES string of the molecule is CC[C@H](NS(=O)(=O)c1ccc(Br)c(OC(F)(F)F)c1)C(F)(F)F. The summed E-state index contributed by atoms with van der Waals surface area (Å²) in [5.74, 6) is -0.888. The van der Waals surface area contributed by atoms with Crippen LogP contribution in [0.4, 0.5) is 26.3 Å². The highest BCUT2D eigenvalue weighted by Crippen LogP contribution is 2.33. The molecule has 23 heavy (non-hydrogen) atoms. The fourth-order valence-corrected chi connectivity index (χ4v) is 3.14. The van der Waals surface area contributed by atoms with Crippen molar-refractivity contribution in [1.29, 1.82) is 0 Å². The molecule has 0 saturated carbocycles. The van der Waals surface area contributed by atoms with Crippen LogP contribution in [0.5, 0.6) is 5.75 Å². The maximum Gasteiger partial charge on any atom is 0.573 e. The van der Waals surface area contributed by atoms with E-state index in [4.69, 9.17) is 0 Å². The van der Waals surface area contributed by atoms with Crippen LogP contribution in [0.15, 0.2) is 27.6 Å². The van der Waals surface area contributed by atoms with Crippen molar-refractivity contribution < 1.29 is 39.5 Å². The first-order chi connectivity index (χ1) is 10.3. The molecule has 0 amide bonds. The number of sulfonamides is 1. The molecule has 12 heteroatoms. The normalized spacial score (nSPS) is 14.6. The van der Waals surface area contributed by atoms with Gasteiger partial charge >= 0.3 is 12.5 Å². The lowest BCUT2D eigenvalue weighted by atomic mass is 10.2. The second-order valence-corrected chi connectivity index (χ2v) is 6.83. The molecule has 1 N–H and O–H groups in total. The number of ether oxygens (including phenoxy) is 1. The van der Waals surface area contributed by atoms with Crippen LogP contribution in [0.1, 0.15) is 13.3 Å². The summed E-state index contributed by atoms with van der Waals surface area (Å²) in [5.41, 5.74) is 0. The Morgan fingerprint density at radius 1 is 1.22 bits per heavy atom. The first-order valence-corrected chi connectivity index (χ1v) is 8.18. The van der Waals surface area contributed by atoms with Crippen LogP contribution >= 0.6 is 15.9 Å². The Hall–Kier alpha value is -1.01. The molecule has 0 aromatic heterocycles. The molecule has 132 valence electrons. The van der Waals surface area contributed by atoms with Crippen LogP contribution in [0.25, 0.3) is 0 Å². The number of nitrogens with one attached hydrogen (secondary N) is 1. The van der Waals surface area contributed by atoms with Gasteiger partial charge in [0.1, 0.15) is 11.8 Å². The number of alkyl halides is 6. The predicted molar refractivity (Wildman–Crippen MR) is 71.3 cm³/mol. The van der Waals surface area contributed by atoms with E-state index in [0.717, 1.165) is 19.1 Å². The third-order valence-electron chi connectivity index (χ3n) is 2.54. The highest BCUT2D eigenvalue weighted by atomic mass is 79.9. The summed E-state index contributed by atoms with van der Waals surface area (Å²) in [6.07, 6.45) is -10.5. The molecule has 0 aliphatic carbocycles. The average Bonchev–Trinajstić information content (AvgIpc) is 2.35. The lowest BCUT2D eigenvalue weighted by Crippen LogP contribution is -2.44. The van der Waals surface area contributed by atoms with Crippen LogP contribution in [0, 0.1) is 0 Å². The Labute approximate surface area is 136 Å². The van der Waals surface area contributed by atoms with E-state index >= 15 is 0 Å². The second kappa shape index (κ2) is 6.85. The van der Waals surface area contributed by atoms with Crippen LogP contribution in [0.2, 0.25) is 0 Å². The van der Waals surface area contributed by atoms with Gasteiger partial charge in [0.15, 0.2) is 0 Å². The van der Waals surface area contributed by atoms with Crippen molar-refractivity contribution in [2.24, 2.45) is 0 Å². The lowest BCUT2D eigenvalue weighted by Gasteiger charge is -2.20. The van der Waals surface area contributed by atoms with Gasteiger partial charge in [-0.05, 0) is 34.5 Å². The maximum absolute atomic E-state index is 12.6. The lowest BCUT2D eigenvalue weighted by molar-refractivity contribution is -0.275. The predicted octanol–water partition coefficient (Wildman–Crippen LogP) is 3.97. The molecule has 0 spiro atoms. The summed E-state index contributed by atoms with van der Waals surface area (Å²) in [4.78, 5) is -0.789. The van der Waals surface area contributed by atoms with Gasteiger partial charge < -0.3 is 4.74 Å². The molecule has 0 heterocycles. The molecular formula is C11H10BrF6NO3S. The Balaban J connectivity index is 3.17. The number of benzene rings is 1. The zero-order chi connectivity index (χ0) is 18.1. The summed E-state index contributed by atoms with van der Waals surface area (Å²) in [5, 5.41) is 0. The fourth-order valence-electron chi connectivity index (χ4n) is 1.49. The summed E-state index contributed by atoms with van der Waals surface area (Å²) >= 11 is 2.73. The third kappa shape index (κ3) is 5.84. The number of hydrogen-bond donors (Lipinski definition) is 1.